The summed E-state index contributed by atoms with van der Waals surface area (Å²) in [5.74, 6) is 1.88. The Hall–Kier alpha value is -2.74. The quantitative estimate of drug-likeness (QED) is 0.0589. The molecule has 0 aliphatic heterocycles. The van der Waals surface area contributed by atoms with Crippen molar-refractivity contribution in [3.63, 3.8) is 0 Å². The Morgan fingerprint density at radius 3 is 1.69 bits per heavy atom. The molecule has 0 aromatic heterocycles. The van der Waals surface area contributed by atoms with E-state index in [1.165, 1.54) is 26.7 Å². The van der Waals surface area contributed by atoms with Crippen molar-refractivity contribution in [2.75, 3.05) is 6.61 Å². The van der Waals surface area contributed by atoms with Crippen molar-refractivity contribution in [3.8, 4) is 0 Å². The molecule has 3 rings (SSSR count). The van der Waals surface area contributed by atoms with Crippen molar-refractivity contribution in [1.29, 1.82) is 0 Å². The number of hydrogen-bond donors (Lipinski definition) is 0. The van der Waals surface area contributed by atoms with Gasteiger partial charge in [0.05, 0.1) is 30.0 Å². The Balaban J connectivity index is 1.92. The predicted molar refractivity (Wildman–Crippen MR) is 223 cm³/mol. The van der Waals surface area contributed by atoms with E-state index in [-0.39, 0.29) is 35.3 Å². The van der Waals surface area contributed by atoms with E-state index >= 15 is 0 Å². The van der Waals surface area contributed by atoms with Crippen molar-refractivity contribution in [1.82, 2.24) is 0 Å². The molecule has 0 amide bonds. The zero-order valence-corrected chi connectivity index (χ0v) is 35.8. The van der Waals surface area contributed by atoms with Crippen molar-refractivity contribution in [3.05, 3.63) is 73.9 Å². The first-order valence-corrected chi connectivity index (χ1v) is 21.3. The summed E-state index contributed by atoms with van der Waals surface area (Å²) >= 11 is 0. The number of rotatable bonds is 24. The maximum atomic E-state index is 12.7. The molecule has 7 nitrogen and oxygen atoms in total. The summed E-state index contributed by atoms with van der Waals surface area (Å²) in [6, 6.07) is 10.2. The van der Waals surface area contributed by atoms with E-state index in [0.29, 0.717) is 74.4 Å². The molecule has 2 fully saturated rings. The minimum atomic E-state index is -0.570. The number of carbonyl (C=O) groups excluding carboxylic acids is 2. The molecule has 0 bridgehead atoms. The van der Waals surface area contributed by atoms with Crippen LogP contribution in [0.3, 0.4) is 0 Å². The standard InChI is InChI=1S/C48H76O7/c1-12-25-47(31-36(8)20-22-45(47)34(4)5)54-41(14-3)28-43(52-38(10)49)30-44(53-39(11)50)29-42(24-27-51-33-40-18-16-15-17-19-40)55-48(26-13-2)32-37(9)21-23-46(48)35(6)7/h12-19,34-37,41-46H,1-3,20-33H2,4-11H3/t36-,37-,41-,42-,43+,44+,45+,46+,47+,48+/m1/s1. The van der Waals surface area contributed by atoms with E-state index in [4.69, 9.17) is 23.7 Å². The Labute approximate surface area is 335 Å². The van der Waals surface area contributed by atoms with E-state index in [2.05, 4.69) is 73.4 Å². The van der Waals surface area contributed by atoms with Crippen molar-refractivity contribution in [2.45, 2.75) is 175 Å². The van der Waals surface area contributed by atoms with Crippen molar-refractivity contribution in [2.24, 2.45) is 35.5 Å². The fourth-order valence-electron chi connectivity index (χ4n) is 10.1. The van der Waals surface area contributed by atoms with Gasteiger partial charge in [0.25, 0.3) is 0 Å². The molecule has 7 heteroatoms. The number of carbonyl (C=O) groups is 2. The molecule has 10 atom stereocenters. The SMILES string of the molecule is C=CC[C@]1(O[C@H](CCOCc2ccccc2)C[C@@H](C[C@H](C[C@@H](C=C)O[C@@]2(CC=C)C[C@H](C)CC[C@H]2C(C)C)OC(C)=O)OC(C)=O)C[C@H](C)CC[C@H]1C(C)C. The van der Waals surface area contributed by atoms with E-state index in [0.717, 1.165) is 44.1 Å². The third-order valence-electron chi connectivity index (χ3n) is 12.2. The molecule has 0 heterocycles. The monoisotopic (exact) mass is 765 g/mol. The van der Waals surface area contributed by atoms with Crippen molar-refractivity contribution < 1.29 is 33.3 Å². The van der Waals surface area contributed by atoms with Gasteiger partial charge in [0, 0.05) is 39.7 Å². The van der Waals surface area contributed by atoms with E-state index in [1.807, 2.05) is 36.4 Å². The summed E-state index contributed by atoms with van der Waals surface area (Å²) in [7, 11) is 0. The summed E-state index contributed by atoms with van der Waals surface area (Å²) in [6.45, 7) is 30.1. The fraction of sp³-hybridized carbons (Fsp3) is 0.708. The topological polar surface area (TPSA) is 80.3 Å². The van der Waals surface area contributed by atoms with Crippen molar-refractivity contribution >= 4 is 11.9 Å². The lowest BCUT2D eigenvalue weighted by Gasteiger charge is -2.50. The molecule has 2 aliphatic rings. The van der Waals surface area contributed by atoms with Gasteiger partial charge < -0.3 is 23.7 Å². The predicted octanol–water partition coefficient (Wildman–Crippen LogP) is 11.4. The molecule has 0 spiro atoms. The Morgan fingerprint density at radius 1 is 0.727 bits per heavy atom. The summed E-state index contributed by atoms with van der Waals surface area (Å²) < 4.78 is 32.8. The first kappa shape index (κ1) is 46.6. The second-order valence-electron chi connectivity index (χ2n) is 17.7. The van der Waals surface area contributed by atoms with Gasteiger partial charge in [-0.1, -0.05) is 103 Å². The molecule has 310 valence electrons. The van der Waals surface area contributed by atoms with Crippen LogP contribution in [-0.2, 0) is 39.9 Å². The maximum Gasteiger partial charge on any atom is 0.302 e. The lowest BCUT2D eigenvalue weighted by atomic mass is 9.65. The zero-order chi connectivity index (χ0) is 40.6. The van der Waals surface area contributed by atoms with Gasteiger partial charge in [0.15, 0.2) is 0 Å². The number of benzene rings is 1. The molecule has 0 N–H and O–H groups in total. The lowest BCUT2D eigenvalue weighted by Crippen LogP contribution is -2.50. The number of hydrogen-bond acceptors (Lipinski definition) is 7. The number of ether oxygens (including phenoxy) is 5. The normalized spacial score (nSPS) is 27.8. The van der Waals surface area contributed by atoms with Crippen LogP contribution in [-0.4, -0.2) is 54.2 Å². The third kappa shape index (κ3) is 14.6. The van der Waals surface area contributed by atoms with Crippen LogP contribution in [0.15, 0.2) is 68.3 Å². The average Bonchev–Trinajstić information content (AvgIpc) is 3.09. The zero-order valence-electron chi connectivity index (χ0n) is 35.8. The molecule has 55 heavy (non-hydrogen) atoms. The van der Waals surface area contributed by atoms with Crippen LogP contribution >= 0.6 is 0 Å². The molecule has 0 radical (unpaired) electrons. The van der Waals surface area contributed by atoms with E-state index in [9.17, 15) is 9.59 Å². The van der Waals surface area contributed by atoms with E-state index in [1.54, 1.807) is 0 Å². The van der Waals surface area contributed by atoms with Gasteiger partial charge >= 0.3 is 11.9 Å². The maximum absolute atomic E-state index is 12.7. The summed E-state index contributed by atoms with van der Waals surface area (Å²) in [5.41, 5.74) is 0.339. The summed E-state index contributed by atoms with van der Waals surface area (Å²) in [5, 5.41) is 0. The highest BCUT2D eigenvalue weighted by Gasteiger charge is 2.47. The molecule has 1 aromatic carbocycles. The smallest absolute Gasteiger partial charge is 0.302 e. The molecular formula is C48H76O7. The second-order valence-corrected chi connectivity index (χ2v) is 17.7. The van der Waals surface area contributed by atoms with Gasteiger partial charge in [-0.25, -0.2) is 0 Å². The van der Waals surface area contributed by atoms with Crippen LogP contribution in [0.25, 0.3) is 0 Å². The molecule has 2 saturated carbocycles. The Kier molecular flexibility index (Phi) is 19.4. The van der Waals surface area contributed by atoms with Gasteiger partial charge in [-0.05, 0) is 86.0 Å². The van der Waals surface area contributed by atoms with E-state index < -0.39 is 12.2 Å². The van der Waals surface area contributed by atoms with Gasteiger partial charge in [0.2, 0.25) is 0 Å². The van der Waals surface area contributed by atoms with Crippen LogP contribution in [0.2, 0.25) is 0 Å². The van der Waals surface area contributed by atoms with Crippen LogP contribution in [0.4, 0.5) is 0 Å². The summed E-state index contributed by atoms with van der Waals surface area (Å²) in [4.78, 5) is 25.4. The molecule has 2 aliphatic carbocycles. The largest absolute Gasteiger partial charge is 0.462 e. The highest BCUT2D eigenvalue weighted by molar-refractivity contribution is 5.66. The van der Waals surface area contributed by atoms with Crippen LogP contribution in [0.5, 0.6) is 0 Å². The van der Waals surface area contributed by atoms with Gasteiger partial charge in [-0.3, -0.25) is 9.59 Å². The van der Waals surface area contributed by atoms with Gasteiger partial charge in [-0.2, -0.15) is 0 Å². The first-order valence-electron chi connectivity index (χ1n) is 21.3. The fourth-order valence-corrected chi connectivity index (χ4v) is 10.1. The van der Waals surface area contributed by atoms with Gasteiger partial charge in [-0.15, -0.1) is 19.7 Å². The second kappa shape index (κ2) is 22.9. The highest BCUT2D eigenvalue weighted by atomic mass is 16.6. The third-order valence-corrected chi connectivity index (χ3v) is 12.2. The Morgan fingerprint density at radius 2 is 1.22 bits per heavy atom. The molecule has 0 unspecified atom stereocenters. The lowest BCUT2D eigenvalue weighted by molar-refractivity contribution is -0.181. The first-order chi connectivity index (χ1) is 26.1. The minimum Gasteiger partial charge on any atom is -0.462 e. The van der Waals surface area contributed by atoms with Crippen LogP contribution in [0.1, 0.15) is 138 Å². The molecule has 0 saturated heterocycles. The minimum absolute atomic E-state index is 0.276. The highest BCUT2D eigenvalue weighted by Crippen LogP contribution is 2.48. The molecular weight excluding hydrogens is 689 g/mol. The van der Waals surface area contributed by atoms with Crippen LogP contribution < -0.4 is 0 Å². The van der Waals surface area contributed by atoms with Gasteiger partial charge in [0.1, 0.15) is 12.2 Å². The Bertz CT molecular complexity index is 1320. The number of esters is 2. The summed E-state index contributed by atoms with van der Waals surface area (Å²) in [6.07, 6.45) is 13.7. The van der Waals surface area contributed by atoms with Crippen LogP contribution in [0, 0.1) is 35.5 Å². The average molecular weight is 765 g/mol. The molecule has 1 aromatic rings.